The predicted octanol–water partition coefficient (Wildman–Crippen LogP) is 2.69. The third-order valence-electron chi connectivity index (χ3n) is 3.31. The average Bonchev–Trinajstić information content (AvgIpc) is 2.71. The van der Waals surface area contributed by atoms with E-state index in [-0.39, 0.29) is 0 Å². The molecule has 1 aliphatic rings. The van der Waals surface area contributed by atoms with Crippen LogP contribution in [0.2, 0.25) is 0 Å². The van der Waals surface area contributed by atoms with Gasteiger partial charge in [0.15, 0.2) is 0 Å². The van der Waals surface area contributed by atoms with Gasteiger partial charge in [0, 0.05) is 6.54 Å². The molecule has 102 valence electrons. The molecule has 0 spiro atoms. The Labute approximate surface area is 113 Å². The van der Waals surface area contributed by atoms with Crippen LogP contribution in [0.1, 0.15) is 24.8 Å². The summed E-state index contributed by atoms with van der Waals surface area (Å²) < 4.78 is 10.8. The Morgan fingerprint density at radius 2 is 1.84 bits per heavy atom. The number of rotatable bonds is 4. The Balaban J connectivity index is 2.54. The molecular formula is C15H19NO3. The molecular weight excluding hydrogens is 242 g/mol. The summed E-state index contributed by atoms with van der Waals surface area (Å²) in [6, 6.07) is 5.64. The van der Waals surface area contributed by atoms with Gasteiger partial charge >= 0.3 is 0 Å². The molecule has 0 aromatic heterocycles. The number of amides is 1. The van der Waals surface area contributed by atoms with Crippen molar-refractivity contribution in [2.45, 2.75) is 19.3 Å². The third kappa shape index (κ3) is 2.72. The second kappa shape index (κ2) is 6.27. The Morgan fingerprint density at radius 1 is 1.16 bits per heavy atom. The van der Waals surface area contributed by atoms with Crippen LogP contribution in [-0.4, -0.2) is 32.1 Å². The smallest absolute Gasteiger partial charge is 0.214 e. The van der Waals surface area contributed by atoms with E-state index in [4.69, 9.17) is 9.47 Å². The largest absolute Gasteiger partial charge is 0.496 e. The van der Waals surface area contributed by atoms with E-state index in [1.54, 1.807) is 19.1 Å². The van der Waals surface area contributed by atoms with Crippen LogP contribution >= 0.6 is 0 Å². The lowest BCUT2D eigenvalue weighted by Gasteiger charge is -2.22. The lowest BCUT2D eigenvalue weighted by atomic mass is 10.1. The first-order valence-corrected chi connectivity index (χ1v) is 6.45. The Bertz CT molecular complexity index is 460. The quantitative estimate of drug-likeness (QED) is 0.782. The molecule has 1 aromatic rings. The molecule has 1 heterocycles. The van der Waals surface area contributed by atoms with Crippen molar-refractivity contribution in [3.05, 3.63) is 29.8 Å². The number of benzene rings is 1. The van der Waals surface area contributed by atoms with E-state index in [2.05, 4.69) is 6.08 Å². The number of allylic oxidation sites excluding steroid dienone is 1. The molecule has 19 heavy (non-hydrogen) atoms. The normalized spacial score (nSPS) is 15.5. The van der Waals surface area contributed by atoms with Gasteiger partial charge in [-0.2, -0.15) is 0 Å². The number of hydrogen-bond donors (Lipinski definition) is 0. The van der Waals surface area contributed by atoms with Gasteiger partial charge in [-0.15, -0.1) is 0 Å². The van der Waals surface area contributed by atoms with Crippen LogP contribution in [0.15, 0.2) is 24.3 Å². The highest BCUT2D eigenvalue weighted by Gasteiger charge is 2.20. The summed E-state index contributed by atoms with van der Waals surface area (Å²) in [6.07, 6.45) is 6.02. The number of ether oxygens (including phenoxy) is 2. The van der Waals surface area contributed by atoms with Gasteiger partial charge in [-0.25, -0.2) is 0 Å². The molecule has 4 heteroatoms. The first-order chi connectivity index (χ1) is 9.31. The fraction of sp³-hybridized carbons (Fsp3) is 0.400. The van der Waals surface area contributed by atoms with Crippen molar-refractivity contribution in [2.75, 3.05) is 20.8 Å². The van der Waals surface area contributed by atoms with Gasteiger partial charge in [-0.3, -0.25) is 4.79 Å². The lowest BCUT2D eigenvalue weighted by Crippen LogP contribution is -2.21. The maximum absolute atomic E-state index is 11.3. The molecule has 1 aromatic carbocycles. The van der Waals surface area contributed by atoms with Crippen molar-refractivity contribution in [1.82, 2.24) is 4.90 Å². The molecule has 1 amide bonds. The molecule has 0 saturated carbocycles. The van der Waals surface area contributed by atoms with Crippen molar-refractivity contribution < 1.29 is 14.3 Å². The summed E-state index contributed by atoms with van der Waals surface area (Å²) in [6.45, 7) is 0.733. The van der Waals surface area contributed by atoms with Crippen LogP contribution in [-0.2, 0) is 4.79 Å². The molecule has 0 bridgehead atoms. The molecule has 1 aliphatic heterocycles. The summed E-state index contributed by atoms with van der Waals surface area (Å²) >= 11 is 0. The monoisotopic (exact) mass is 261 g/mol. The number of carbonyl (C=O) groups excluding carboxylic acids is 1. The molecule has 0 saturated heterocycles. The molecule has 0 atom stereocenters. The highest BCUT2D eigenvalue weighted by Crippen LogP contribution is 2.37. The molecule has 4 nitrogen and oxygen atoms in total. The zero-order valence-electron chi connectivity index (χ0n) is 11.4. The molecule has 0 N–H and O–H groups in total. The van der Waals surface area contributed by atoms with E-state index < -0.39 is 0 Å². The maximum Gasteiger partial charge on any atom is 0.214 e. The average molecular weight is 261 g/mol. The maximum atomic E-state index is 11.3. The second-order valence-corrected chi connectivity index (χ2v) is 4.42. The van der Waals surface area contributed by atoms with E-state index in [9.17, 15) is 4.79 Å². The fourth-order valence-electron chi connectivity index (χ4n) is 2.36. The van der Waals surface area contributed by atoms with Crippen LogP contribution in [0.4, 0.5) is 0 Å². The summed E-state index contributed by atoms with van der Waals surface area (Å²) in [5, 5.41) is 0. The SMILES string of the molecule is COc1cccc(OC)c1C1=CCCCCN1C=O. The number of nitrogens with zero attached hydrogens (tertiary/aromatic N) is 1. The van der Waals surface area contributed by atoms with Crippen molar-refractivity contribution in [3.8, 4) is 11.5 Å². The first kappa shape index (κ1) is 13.5. The highest BCUT2D eigenvalue weighted by molar-refractivity contribution is 5.80. The van der Waals surface area contributed by atoms with Crippen molar-refractivity contribution in [1.29, 1.82) is 0 Å². The minimum atomic E-state index is 0.722. The van der Waals surface area contributed by atoms with E-state index >= 15 is 0 Å². The van der Waals surface area contributed by atoms with Gasteiger partial charge in [0.25, 0.3) is 0 Å². The fourth-order valence-corrected chi connectivity index (χ4v) is 2.36. The van der Waals surface area contributed by atoms with Gasteiger partial charge in [-0.05, 0) is 31.4 Å². The van der Waals surface area contributed by atoms with Gasteiger partial charge in [0.2, 0.25) is 6.41 Å². The number of hydrogen-bond acceptors (Lipinski definition) is 3. The van der Waals surface area contributed by atoms with E-state index in [1.807, 2.05) is 18.2 Å². The van der Waals surface area contributed by atoms with E-state index in [1.165, 1.54) is 0 Å². The topological polar surface area (TPSA) is 38.8 Å². The van der Waals surface area contributed by atoms with E-state index in [0.717, 1.165) is 55.0 Å². The first-order valence-electron chi connectivity index (χ1n) is 6.45. The second-order valence-electron chi connectivity index (χ2n) is 4.42. The zero-order chi connectivity index (χ0) is 13.7. The van der Waals surface area contributed by atoms with Gasteiger partial charge in [0.1, 0.15) is 11.5 Å². The van der Waals surface area contributed by atoms with Crippen LogP contribution in [0.3, 0.4) is 0 Å². The lowest BCUT2D eigenvalue weighted by molar-refractivity contribution is -0.115. The molecule has 0 aliphatic carbocycles. The number of carbonyl (C=O) groups is 1. The Morgan fingerprint density at radius 3 is 2.42 bits per heavy atom. The van der Waals surface area contributed by atoms with Gasteiger partial charge in [-0.1, -0.05) is 12.1 Å². The summed E-state index contributed by atoms with van der Waals surface area (Å²) in [5.74, 6) is 1.44. The molecule has 0 fully saturated rings. The molecule has 0 radical (unpaired) electrons. The third-order valence-corrected chi connectivity index (χ3v) is 3.31. The zero-order valence-corrected chi connectivity index (χ0v) is 11.4. The Kier molecular flexibility index (Phi) is 4.44. The number of methoxy groups -OCH3 is 2. The van der Waals surface area contributed by atoms with Gasteiger partial charge < -0.3 is 14.4 Å². The molecule has 2 rings (SSSR count). The van der Waals surface area contributed by atoms with Crippen molar-refractivity contribution in [3.63, 3.8) is 0 Å². The summed E-state index contributed by atoms with van der Waals surface area (Å²) in [7, 11) is 3.25. The summed E-state index contributed by atoms with van der Waals surface area (Å²) in [4.78, 5) is 13.0. The highest BCUT2D eigenvalue weighted by atomic mass is 16.5. The molecule has 0 unspecified atom stereocenters. The van der Waals surface area contributed by atoms with Crippen molar-refractivity contribution in [2.24, 2.45) is 0 Å². The van der Waals surface area contributed by atoms with Gasteiger partial charge in [0.05, 0.1) is 25.5 Å². The Hall–Kier alpha value is -1.97. The van der Waals surface area contributed by atoms with Crippen LogP contribution in [0.5, 0.6) is 11.5 Å². The van der Waals surface area contributed by atoms with Crippen LogP contribution in [0.25, 0.3) is 5.70 Å². The van der Waals surface area contributed by atoms with E-state index in [0.29, 0.717) is 0 Å². The standard InChI is InChI=1S/C15H19NO3/c1-18-13-8-6-9-14(19-2)15(13)12-7-4-3-5-10-16(12)11-17/h6-9,11H,3-5,10H2,1-2H3. The summed E-state index contributed by atoms with van der Waals surface area (Å²) in [5.41, 5.74) is 1.73. The van der Waals surface area contributed by atoms with Crippen LogP contribution in [0, 0.1) is 0 Å². The van der Waals surface area contributed by atoms with Crippen molar-refractivity contribution >= 4 is 12.1 Å². The minimum absolute atomic E-state index is 0.722. The minimum Gasteiger partial charge on any atom is -0.496 e. The predicted molar refractivity (Wildman–Crippen MR) is 74.1 cm³/mol. The van der Waals surface area contributed by atoms with Crippen LogP contribution < -0.4 is 9.47 Å².